The lowest BCUT2D eigenvalue weighted by Crippen LogP contribution is -2.39. The fourth-order valence-electron chi connectivity index (χ4n) is 3.49. The maximum Gasteiger partial charge on any atom is 0.231 e. The molecule has 0 aliphatic carbocycles. The van der Waals surface area contributed by atoms with E-state index in [4.69, 9.17) is 18.9 Å². The summed E-state index contributed by atoms with van der Waals surface area (Å²) in [6, 6.07) is 8.32. The molecule has 0 spiro atoms. The second-order valence-electron chi connectivity index (χ2n) is 6.21. The first-order chi connectivity index (χ1) is 12.7. The number of rotatable bonds is 4. The fraction of sp³-hybridized carbons (Fsp3) is 0.368. The molecule has 2 heterocycles. The van der Waals surface area contributed by atoms with Crippen molar-refractivity contribution in [3.8, 4) is 28.7 Å². The highest BCUT2D eigenvalue weighted by Crippen LogP contribution is 2.46. The van der Waals surface area contributed by atoms with Crippen LogP contribution >= 0.6 is 0 Å². The van der Waals surface area contributed by atoms with Gasteiger partial charge < -0.3 is 29.2 Å². The minimum atomic E-state index is -0.372. The molecule has 0 aromatic heterocycles. The third kappa shape index (κ3) is 2.89. The number of ether oxygens (including phenoxy) is 4. The predicted octanol–water partition coefficient (Wildman–Crippen LogP) is 2.26. The van der Waals surface area contributed by atoms with Crippen LogP contribution in [0.1, 0.15) is 17.2 Å². The summed E-state index contributed by atoms with van der Waals surface area (Å²) in [7, 11) is 1.51. The van der Waals surface area contributed by atoms with Crippen LogP contribution in [0.5, 0.6) is 28.7 Å². The van der Waals surface area contributed by atoms with Gasteiger partial charge >= 0.3 is 0 Å². The van der Waals surface area contributed by atoms with Crippen LogP contribution in [0.15, 0.2) is 30.3 Å². The molecule has 7 heteroatoms. The smallest absolute Gasteiger partial charge is 0.231 e. The van der Waals surface area contributed by atoms with E-state index in [0.717, 1.165) is 0 Å². The van der Waals surface area contributed by atoms with Gasteiger partial charge in [-0.2, -0.15) is 0 Å². The number of aromatic hydroxyl groups is 2. The zero-order chi connectivity index (χ0) is 18.1. The highest BCUT2D eigenvalue weighted by atomic mass is 16.7. The summed E-state index contributed by atoms with van der Waals surface area (Å²) in [6.45, 7) is 2.66. The molecule has 2 aliphatic heterocycles. The van der Waals surface area contributed by atoms with Gasteiger partial charge in [0.05, 0.1) is 26.4 Å². The molecule has 0 radical (unpaired) electrons. The Bertz CT molecular complexity index is 803. The highest BCUT2D eigenvalue weighted by molar-refractivity contribution is 5.57. The van der Waals surface area contributed by atoms with E-state index in [1.54, 1.807) is 18.2 Å². The number of nitrogens with zero attached hydrogens (tertiary/aromatic N) is 1. The van der Waals surface area contributed by atoms with Crippen LogP contribution in [0.2, 0.25) is 0 Å². The first-order valence-electron chi connectivity index (χ1n) is 8.49. The van der Waals surface area contributed by atoms with Gasteiger partial charge in [0.2, 0.25) is 6.79 Å². The standard InChI is InChI=1S/C19H21NO6/c1-23-15-4-2-3-12(19(15)22)18(20-5-7-24-8-6-20)13-9-16-17(10-14(13)21)26-11-25-16/h2-4,9-10,18,21-22H,5-8,11H2,1H3. The van der Waals surface area contributed by atoms with Gasteiger partial charge in [-0.15, -0.1) is 0 Å². The average molecular weight is 359 g/mol. The fourth-order valence-corrected chi connectivity index (χ4v) is 3.49. The molecule has 2 aliphatic rings. The number of benzene rings is 2. The Morgan fingerprint density at radius 3 is 2.50 bits per heavy atom. The SMILES string of the molecule is COc1cccc(C(c2cc3c(cc2O)OCO3)N2CCOCC2)c1O. The van der Waals surface area contributed by atoms with Crippen LogP contribution in [0.25, 0.3) is 0 Å². The summed E-state index contributed by atoms with van der Waals surface area (Å²) in [5.41, 5.74) is 1.29. The van der Waals surface area contributed by atoms with E-state index in [1.807, 2.05) is 12.1 Å². The summed E-state index contributed by atoms with van der Waals surface area (Å²) >= 11 is 0. The predicted molar refractivity (Wildman–Crippen MR) is 93.1 cm³/mol. The van der Waals surface area contributed by atoms with Crippen molar-refractivity contribution in [2.75, 3.05) is 40.2 Å². The molecule has 0 bridgehead atoms. The minimum absolute atomic E-state index is 0.0589. The molecule has 0 amide bonds. The van der Waals surface area contributed by atoms with Crippen LogP contribution in [0.3, 0.4) is 0 Å². The van der Waals surface area contributed by atoms with E-state index >= 15 is 0 Å². The summed E-state index contributed by atoms with van der Waals surface area (Å²) < 4.78 is 21.5. The van der Waals surface area contributed by atoms with Gasteiger partial charge in [0.25, 0.3) is 0 Å². The number of para-hydroxylation sites is 1. The van der Waals surface area contributed by atoms with Crippen molar-refractivity contribution in [3.05, 3.63) is 41.5 Å². The maximum atomic E-state index is 10.7. The van der Waals surface area contributed by atoms with Crippen molar-refractivity contribution in [3.63, 3.8) is 0 Å². The Labute approximate surface area is 151 Å². The Hall–Kier alpha value is -2.64. The summed E-state index contributed by atoms with van der Waals surface area (Å²) in [5, 5.41) is 21.4. The molecule has 0 saturated carbocycles. The van der Waals surface area contributed by atoms with Crippen molar-refractivity contribution in [1.82, 2.24) is 4.90 Å². The lowest BCUT2D eigenvalue weighted by molar-refractivity contribution is 0.0231. The molecule has 26 heavy (non-hydrogen) atoms. The molecular formula is C19H21NO6. The molecule has 4 rings (SSSR count). The lowest BCUT2D eigenvalue weighted by atomic mass is 9.94. The van der Waals surface area contributed by atoms with Gasteiger partial charge in [0, 0.05) is 30.3 Å². The van der Waals surface area contributed by atoms with Crippen molar-refractivity contribution in [2.24, 2.45) is 0 Å². The van der Waals surface area contributed by atoms with E-state index < -0.39 is 0 Å². The van der Waals surface area contributed by atoms with E-state index in [1.165, 1.54) is 7.11 Å². The molecule has 138 valence electrons. The molecule has 2 N–H and O–H groups in total. The molecule has 1 atom stereocenters. The van der Waals surface area contributed by atoms with E-state index in [0.29, 0.717) is 54.7 Å². The number of hydrogen-bond donors (Lipinski definition) is 2. The summed E-state index contributed by atoms with van der Waals surface area (Å²) in [5.74, 6) is 1.64. The van der Waals surface area contributed by atoms with Crippen molar-refractivity contribution in [2.45, 2.75) is 6.04 Å². The first kappa shape index (κ1) is 16.8. The lowest BCUT2D eigenvalue weighted by Gasteiger charge is -2.35. The number of methoxy groups -OCH3 is 1. The first-order valence-corrected chi connectivity index (χ1v) is 8.49. The summed E-state index contributed by atoms with van der Waals surface area (Å²) in [4.78, 5) is 2.16. The molecule has 2 aromatic carbocycles. The number of phenols is 2. The van der Waals surface area contributed by atoms with Gasteiger partial charge in [0.1, 0.15) is 5.75 Å². The van der Waals surface area contributed by atoms with Gasteiger partial charge in [-0.3, -0.25) is 4.90 Å². The Morgan fingerprint density at radius 2 is 1.77 bits per heavy atom. The van der Waals surface area contributed by atoms with Crippen LogP contribution in [0.4, 0.5) is 0 Å². The van der Waals surface area contributed by atoms with Crippen LogP contribution in [0, 0.1) is 0 Å². The van der Waals surface area contributed by atoms with Crippen LogP contribution in [-0.2, 0) is 4.74 Å². The van der Waals surface area contributed by atoms with Crippen molar-refractivity contribution < 1.29 is 29.2 Å². The zero-order valence-electron chi connectivity index (χ0n) is 14.5. The van der Waals surface area contributed by atoms with E-state index in [2.05, 4.69) is 4.90 Å². The quantitative estimate of drug-likeness (QED) is 0.867. The van der Waals surface area contributed by atoms with Crippen molar-refractivity contribution in [1.29, 1.82) is 0 Å². The Morgan fingerprint density at radius 1 is 1.04 bits per heavy atom. The second kappa shape index (κ2) is 6.93. The third-order valence-electron chi connectivity index (χ3n) is 4.77. The van der Waals surface area contributed by atoms with Crippen LogP contribution < -0.4 is 14.2 Å². The number of phenolic OH excluding ortho intramolecular Hbond substituents is 2. The topological polar surface area (TPSA) is 80.6 Å². The Balaban J connectivity index is 1.84. The van der Waals surface area contributed by atoms with Gasteiger partial charge in [-0.05, 0) is 12.1 Å². The number of hydrogen-bond acceptors (Lipinski definition) is 7. The molecule has 2 aromatic rings. The van der Waals surface area contributed by atoms with Gasteiger partial charge in [-0.1, -0.05) is 12.1 Å². The Kier molecular flexibility index (Phi) is 4.48. The maximum absolute atomic E-state index is 10.7. The van der Waals surface area contributed by atoms with Gasteiger partial charge in [0.15, 0.2) is 23.0 Å². The number of morpholine rings is 1. The van der Waals surface area contributed by atoms with E-state index in [9.17, 15) is 10.2 Å². The molecule has 1 unspecified atom stereocenters. The molecule has 7 nitrogen and oxygen atoms in total. The minimum Gasteiger partial charge on any atom is -0.507 e. The van der Waals surface area contributed by atoms with Crippen molar-refractivity contribution >= 4 is 0 Å². The summed E-state index contributed by atoms with van der Waals surface area (Å²) in [6.07, 6.45) is 0. The molecular weight excluding hydrogens is 338 g/mol. The average Bonchev–Trinajstić information content (AvgIpc) is 3.11. The monoisotopic (exact) mass is 359 g/mol. The van der Waals surface area contributed by atoms with E-state index in [-0.39, 0.29) is 24.3 Å². The van der Waals surface area contributed by atoms with Gasteiger partial charge in [-0.25, -0.2) is 0 Å². The largest absolute Gasteiger partial charge is 0.507 e. The number of fused-ring (bicyclic) bond motifs is 1. The molecule has 1 fully saturated rings. The zero-order valence-corrected chi connectivity index (χ0v) is 14.5. The normalized spacial score (nSPS) is 17.9. The highest BCUT2D eigenvalue weighted by Gasteiger charge is 2.31. The molecule has 1 saturated heterocycles. The third-order valence-corrected chi connectivity index (χ3v) is 4.77. The van der Waals surface area contributed by atoms with Crippen LogP contribution in [-0.4, -0.2) is 55.3 Å². The second-order valence-corrected chi connectivity index (χ2v) is 6.21.